The molecule has 0 aliphatic heterocycles. The summed E-state index contributed by atoms with van der Waals surface area (Å²) < 4.78 is 0. The molecule has 0 aromatic rings. The fourth-order valence-electron chi connectivity index (χ4n) is 0. The smallest absolute Gasteiger partial charge is 0.0788 e. The van der Waals surface area contributed by atoms with Crippen LogP contribution in [0.1, 0.15) is 20.8 Å². The zero-order valence-electron chi connectivity index (χ0n) is 6.26. The quantitative estimate of drug-likeness (QED) is 0.289. The molecule has 3 N–H and O–H groups in total. The number of hydrogen-bond donors (Lipinski definition) is 1. The van der Waals surface area contributed by atoms with Gasteiger partial charge in [-0.15, -0.1) is 0 Å². The molecule has 0 atom stereocenters. The normalized spacial score (nSPS) is 8.89. The molecule has 0 heterocycles. The van der Waals surface area contributed by atoms with E-state index in [-0.39, 0.29) is 0 Å². The van der Waals surface area contributed by atoms with Crippen LogP contribution in [0.5, 0.6) is 0 Å². The Morgan fingerprint density at radius 2 is 1.44 bits per heavy atom. The highest BCUT2D eigenvalue weighted by atomic mass is 15.0. The molecule has 0 saturated heterocycles. The van der Waals surface area contributed by atoms with Crippen LogP contribution in [0.25, 0.3) is 16.0 Å². The highest BCUT2D eigenvalue weighted by Gasteiger charge is 2.07. The maximum absolute atomic E-state index is 6.75. The Kier molecular flexibility index (Phi) is 6.68. The maximum Gasteiger partial charge on any atom is 0.0788 e. The van der Waals surface area contributed by atoms with Crippen LogP contribution in [-0.4, -0.2) is 6.54 Å². The van der Waals surface area contributed by atoms with Crippen molar-refractivity contribution >= 4 is 0 Å². The fourth-order valence-corrected chi connectivity index (χ4v) is 0. The van der Waals surface area contributed by atoms with Crippen molar-refractivity contribution in [2.24, 2.45) is 5.41 Å². The molecule has 0 aliphatic carbocycles. The molecule has 0 amide bonds. The summed E-state index contributed by atoms with van der Waals surface area (Å²) in [6.07, 6.45) is 0. The van der Waals surface area contributed by atoms with Gasteiger partial charge in [0, 0.05) is 5.41 Å². The van der Waals surface area contributed by atoms with Gasteiger partial charge < -0.3 is 16.8 Å². The Morgan fingerprint density at radius 3 is 1.44 bits per heavy atom. The second-order valence-electron chi connectivity index (χ2n) is 2.90. The molecule has 54 valence electrons. The summed E-state index contributed by atoms with van der Waals surface area (Å²) in [5.74, 6) is 0. The van der Waals surface area contributed by atoms with Crippen LogP contribution in [0.15, 0.2) is 0 Å². The largest absolute Gasteiger partial charge is 0.373 e. The van der Waals surface area contributed by atoms with Crippen LogP contribution in [0.4, 0.5) is 0 Å². The minimum atomic E-state index is 0.431. The van der Waals surface area contributed by atoms with E-state index in [1.807, 2.05) is 0 Å². The summed E-state index contributed by atoms with van der Waals surface area (Å²) in [5.41, 5.74) is 17.7. The van der Waals surface area contributed by atoms with Crippen molar-refractivity contribution in [3.63, 3.8) is 0 Å². The van der Waals surface area contributed by atoms with E-state index in [0.29, 0.717) is 5.41 Å². The van der Waals surface area contributed by atoms with E-state index in [9.17, 15) is 0 Å². The molecule has 0 fully saturated rings. The predicted molar refractivity (Wildman–Crippen MR) is 37.3 cm³/mol. The number of nitrogens with zero attached hydrogens (tertiary/aromatic N) is 3. The Morgan fingerprint density at radius 1 is 1.33 bits per heavy atom. The first-order valence-electron chi connectivity index (χ1n) is 2.75. The van der Waals surface area contributed by atoms with Crippen LogP contribution >= 0.6 is 0 Å². The average Bonchev–Trinajstić information content (AvgIpc) is 1.67. The Bertz CT molecular complexity index is 85.6. The van der Waals surface area contributed by atoms with E-state index in [0.717, 1.165) is 6.54 Å². The first kappa shape index (κ1) is 11.1. The second kappa shape index (κ2) is 5.41. The van der Waals surface area contributed by atoms with Gasteiger partial charge in [0.05, 0.1) is 6.54 Å². The Balaban J connectivity index is 0. The standard InChI is InChI=1S/C5H13N.N3/c1-5(2,3)4-6;1-3-2/h4,6H2,1-3H3;/q;-1/p+1. The van der Waals surface area contributed by atoms with Crippen LogP contribution in [-0.2, 0) is 0 Å². The highest BCUT2D eigenvalue weighted by Crippen LogP contribution is 2.06. The SMILES string of the molecule is CC(C)(C)C[NH3+].[N-]=[N+]=[N-]. The fraction of sp³-hybridized carbons (Fsp3) is 1.00. The summed E-state index contributed by atoms with van der Waals surface area (Å²) in [6.45, 7) is 7.56. The lowest BCUT2D eigenvalue weighted by molar-refractivity contribution is -0.387. The average molecular weight is 130 g/mol. The van der Waals surface area contributed by atoms with Crippen molar-refractivity contribution in [2.45, 2.75) is 20.8 Å². The van der Waals surface area contributed by atoms with Gasteiger partial charge in [-0.1, -0.05) is 20.8 Å². The summed E-state index contributed by atoms with van der Waals surface area (Å²) in [5, 5.41) is 0. The van der Waals surface area contributed by atoms with E-state index < -0.39 is 0 Å². The minimum absolute atomic E-state index is 0.431. The van der Waals surface area contributed by atoms with Gasteiger partial charge in [0.1, 0.15) is 0 Å². The van der Waals surface area contributed by atoms with Crippen LogP contribution < -0.4 is 5.73 Å². The van der Waals surface area contributed by atoms with Crippen molar-refractivity contribution in [1.82, 2.24) is 0 Å². The van der Waals surface area contributed by atoms with Gasteiger partial charge in [-0.05, 0) is 0 Å². The van der Waals surface area contributed by atoms with Gasteiger partial charge in [0.25, 0.3) is 0 Å². The monoisotopic (exact) mass is 130 g/mol. The summed E-state index contributed by atoms with van der Waals surface area (Å²) >= 11 is 0. The van der Waals surface area contributed by atoms with E-state index in [4.69, 9.17) is 11.1 Å². The number of rotatable bonds is 0. The van der Waals surface area contributed by atoms with Gasteiger partial charge >= 0.3 is 0 Å². The molecule has 9 heavy (non-hydrogen) atoms. The predicted octanol–water partition coefficient (Wildman–Crippen LogP) is 1.14. The number of hydrogen-bond acceptors (Lipinski definition) is 0. The molecule has 0 bridgehead atoms. The zero-order chi connectivity index (χ0) is 7.91. The van der Waals surface area contributed by atoms with E-state index in [2.05, 4.69) is 26.5 Å². The zero-order valence-corrected chi connectivity index (χ0v) is 6.26. The van der Waals surface area contributed by atoms with Gasteiger partial charge in [-0.25, -0.2) is 0 Å². The highest BCUT2D eigenvalue weighted by molar-refractivity contribution is 4.54. The van der Waals surface area contributed by atoms with Crippen LogP contribution in [0.2, 0.25) is 0 Å². The Labute approximate surface area is 55.5 Å². The summed E-state index contributed by atoms with van der Waals surface area (Å²) in [4.78, 5) is 1.50. The molecular formula is C5H14N4. The third-order valence-corrected chi connectivity index (χ3v) is 0.750. The van der Waals surface area contributed by atoms with Crippen LogP contribution in [0.3, 0.4) is 0 Å². The molecule has 4 heteroatoms. The Hall–Kier alpha value is -0.730. The molecule has 0 unspecified atom stereocenters. The number of quaternary nitrogens is 1. The molecule has 4 nitrogen and oxygen atoms in total. The minimum Gasteiger partial charge on any atom is -0.373 e. The van der Waals surface area contributed by atoms with Gasteiger partial charge in [-0.3, -0.25) is 4.91 Å². The van der Waals surface area contributed by atoms with Crippen molar-refractivity contribution in [3.8, 4) is 0 Å². The molecule has 0 aromatic heterocycles. The van der Waals surface area contributed by atoms with Crippen molar-refractivity contribution in [2.75, 3.05) is 6.54 Å². The first-order valence-corrected chi connectivity index (χ1v) is 2.75. The topological polar surface area (TPSA) is 86.3 Å². The van der Waals surface area contributed by atoms with Gasteiger partial charge in [-0.2, -0.15) is 0 Å². The first-order chi connectivity index (χ1) is 3.97. The van der Waals surface area contributed by atoms with Gasteiger partial charge in [0.2, 0.25) is 0 Å². The van der Waals surface area contributed by atoms with Gasteiger partial charge in [0.15, 0.2) is 0 Å². The van der Waals surface area contributed by atoms with Crippen molar-refractivity contribution in [1.29, 1.82) is 0 Å². The molecule has 0 aliphatic rings. The van der Waals surface area contributed by atoms with E-state index in [1.165, 1.54) is 4.91 Å². The second-order valence-corrected chi connectivity index (χ2v) is 2.90. The molecule has 0 spiro atoms. The maximum atomic E-state index is 6.75. The molecule has 0 rings (SSSR count). The lowest BCUT2D eigenvalue weighted by Gasteiger charge is -2.09. The third kappa shape index (κ3) is 39.2. The van der Waals surface area contributed by atoms with Crippen molar-refractivity contribution in [3.05, 3.63) is 16.0 Å². The lowest BCUT2D eigenvalue weighted by atomic mass is 9.98. The third-order valence-electron chi connectivity index (χ3n) is 0.750. The summed E-state index contributed by atoms with van der Waals surface area (Å²) in [7, 11) is 0. The lowest BCUT2D eigenvalue weighted by Crippen LogP contribution is -2.55. The molecule has 0 saturated carbocycles. The summed E-state index contributed by atoms with van der Waals surface area (Å²) in [6, 6.07) is 0. The van der Waals surface area contributed by atoms with Crippen LogP contribution in [0, 0.1) is 5.41 Å². The molecule has 0 aromatic carbocycles. The van der Waals surface area contributed by atoms with E-state index in [1.54, 1.807) is 0 Å². The van der Waals surface area contributed by atoms with Crippen molar-refractivity contribution < 1.29 is 5.73 Å². The molecule has 0 radical (unpaired) electrons. The van der Waals surface area contributed by atoms with E-state index >= 15 is 0 Å². The molecular weight excluding hydrogens is 116 g/mol.